The van der Waals surface area contributed by atoms with E-state index in [0.717, 1.165) is 28.8 Å². The van der Waals surface area contributed by atoms with E-state index in [9.17, 15) is 0 Å². The van der Waals surface area contributed by atoms with Crippen LogP contribution < -0.4 is 9.47 Å². The number of methoxy groups -OCH3 is 2. The van der Waals surface area contributed by atoms with E-state index >= 15 is 0 Å². The molecule has 25 heavy (non-hydrogen) atoms. The van der Waals surface area contributed by atoms with Crippen LogP contribution >= 0.6 is 15.9 Å². The van der Waals surface area contributed by atoms with Crippen molar-refractivity contribution in [1.29, 1.82) is 0 Å². The number of ether oxygens (including phenoxy) is 2. The van der Waals surface area contributed by atoms with Gasteiger partial charge in [-0.25, -0.2) is 0 Å². The van der Waals surface area contributed by atoms with Gasteiger partial charge in [-0.1, -0.05) is 18.2 Å². The van der Waals surface area contributed by atoms with E-state index < -0.39 is 0 Å². The van der Waals surface area contributed by atoms with Gasteiger partial charge in [-0.3, -0.25) is 0 Å². The van der Waals surface area contributed by atoms with Gasteiger partial charge in [0.25, 0.3) is 0 Å². The van der Waals surface area contributed by atoms with Gasteiger partial charge in [0, 0.05) is 0 Å². The first-order chi connectivity index (χ1) is 12.2. The minimum Gasteiger partial charge on any atom is -0.496 e. The zero-order valence-corrected chi connectivity index (χ0v) is 16.6. The maximum atomic E-state index is 5.77. The van der Waals surface area contributed by atoms with Crippen LogP contribution in [-0.4, -0.2) is 14.2 Å². The van der Waals surface area contributed by atoms with E-state index in [0.29, 0.717) is 11.8 Å². The van der Waals surface area contributed by atoms with Gasteiger partial charge in [0.15, 0.2) is 0 Å². The summed E-state index contributed by atoms with van der Waals surface area (Å²) in [6, 6.07) is 11.4. The second-order valence-electron chi connectivity index (χ2n) is 7.27. The third-order valence-corrected chi connectivity index (χ3v) is 6.47. The van der Waals surface area contributed by atoms with Crippen LogP contribution in [-0.2, 0) is 12.8 Å². The zero-order chi connectivity index (χ0) is 17.4. The van der Waals surface area contributed by atoms with Crippen molar-refractivity contribution in [1.82, 2.24) is 0 Å². The predicted molar refractivity (Wildman–Crippen MR) is 105 cm³/mol. The van der Waals surface area contributed by atoms with Crippen molar-refractivity contribution in [3.8, 4) is 11.5 Å². The maximum Gasteiger partial charge on any atom is 0.136 e. The van der Waals surface area contributed by atoms with Crippen LogP contribution in [0.5, 0.6) is 11.5 Å². The molecule has 1 saturated carbocycles. The molecule has 2 aliphatic rings. The highest BCUT2D eigenvalue weighted by Crippen LogP contribution is 2.54. The maximum absolute atomic E-state index is 5.77. The normalized spacial score (nSPS) is 22.0. The van der Waals surface area contributed by atoms with Gasteiger partial charge in [-0.05, 0) is 101 Å². The quantitative estimate of drug-likeness (QED) is 0.614. The van der Waals surface area contributed by atoms with E-state index in [2.05, 4.69) is 46.3 Å². The Morgan fingerprint density at radius 3 is 2.20 bits per heavy atom. The molecule has 2 nitrogen and oxygen atoms in total. The molecule has 0 saturated heterocycles. The molecular weight excluding hydrogens is 376 g/mol. The molecule has 2 aromatic rings. The number of rotatable bonds is 2. The number of fused-ring (bicyclic) bond motifs is 7. The van der Waals surface area contributed by atoms with Gasteiger partial charge in [0.2, 0.25) is 0 Å². The summed E-state index contributed by atoms with van der Waals surface area (Å²) in [6.07, 6.45) is 7.15. The number of aryl methyl sites for hydroxylation is 2. The molecule has 132 valence electrons. The molecule has 4 rings (SSSR count). The summed E-state index contributed by atoms with van der Waals surface area (Å²) >= 11 is 3.74. The fraction of sp³-hybridized carbons (Fsp3) is 0.455. The fourth-order valence-corrected chi connectivity index (χ4v) is 5.12. The fourth-order valence-electron chi connectivity index (χ4n) is 4.44. The largest absolute Gasteiger partial charge is 0.496 e. The molecule has 4 bridgehead atoms. The molecule has 0 aromatic heterocycles. The van der Waals surface area contributed by atoms with Crippen LogP contribution in [0, 0.1) is 0 Å². The SMILES string of the molecule is COc1ccc2cc1C1CCC1c1cc(cc(Br)c1OC)CCCC2. The highest BCUT2D eigenvalue weighted by molar-refractivity contribution is 9.10. The van der Waals surface area contributed by atoms with Gasteiger partial charge in [-0.2, -0.15) is 0 Å². The molecule has 0 heterocycles. The standard InChI is InChI=1S/C22H25BrO2/c1-24-21-10-7-14-5-3-4-6-15-12-19(22(25-2)20(23)13-15)17-9-8-16(17)18(21)11-14/h7,10-13,16-17H,3-6,8-9H2,1-2H3. The lowest BCUT2D eigenvalue weighted by atomic mass is 9.66. The van der Waals surface area contributed by atoms with Crippen LogP contribution in [0.2, 0.25) is 0 Å². The van der Waals surface area contributed by atoms with Crippen molar-refractivity contribution < 1.29 is 9.47 Å². The Balaban J connectivity index is 1.84. The Hall–Kier alpha value is -1.48. The summed E-state index contributed by atoms with van der Waals surface area (Å²) in [6.45, 7) is 0. The summed E-state index contributed by atoms with van der Waals surface area (Å²) < 4.78 is 12.6. The van der Waals surface area contributed by atoms with E-state index in [1.54, 1.807) is 14.2 Å². The van der Waals surface area contributed by atoms with Crippen LogP contribution in [0.3, 0.4) is 0 Å². The van der Waals surface area contributed by atoms with Crippen LogP contribution in [0.1, 0.15) is 59.8 Å². The lowest BCUT2D eigenvalue weighted by Gasteiger charge is -2.39. The zero-order valence-electron chi connectivity index (χ0n) is 15.0. The van der Waals surface area contributed by atoms with Crippen LogP contribution in [0.25, 0.3) is 0 Å². The highest BCUT2D eigenvalue weighted by Gasteiger charge is 2.37. The van der Waals surface area contributed by atoms with Gasteiger partial charge < -0.3 is 9.47 Å². The second-order valence-corrected chi connectivity index (χ2v) is 8.13. The monoisotopic (exact) mass is 400 g/mol. The summed E-state index contributed by atoms with van der Waals surface area (Å²) in [4.78, 5) is 0. The van der Waals surface area contributed by atoms with Crippen molar-refractivity contribution in [3.05, 3.63) is 57.1 Å². The van der Waals surface area contributed by atoms with E-state index in [-0.39, 0.29) is 0 Å². The van der Waals surface area contributed by atoms with Gasteiger partial charge >= 0.3 is 0 Å². The summed E-state index contributed by atoms with van der Waals surface area (Å²) in [7, 11) is 3.56. The average Bonchev–Trinajstić information content (AvgIpc) is 2.57. The Labute approximate surface area is 158 Å². The third kappa shape index (κ3) is 3.08. The molecule has 0 spiro atoms. The number of hydrogen-bond acceptors (Lipinski definition) is 2. The minimum absolute atomic E-state index is 0.509. The lowest BCUT2D eigenvalue weighted by Crippen LogP contribution is -2.23. The molecule has 2 atom stereocenters. The highest BCUT2D eigenvalue weighted by atomic mass is 79.9. The van der Waals surface area contributed by atoms with Crippen LogP contribution in [0.4, 0.5) is 0 Å². The molecular formula is C22H25BrO2. The Morgan fingerprint density at radius 2 is 1.52 bits per heavy atom. The molecule has 0 radical (unpaired) electrons. The molecule has 0 N–H and O–H groups in total. The molecule has 0 amide bonds. The van der Waals surface area contributed by atoms with Crippen molar-refractivity contribution in [2.24, 2.45) is 0 Å². The third-order valence-electron chi connectivity index (χ3n) is 5.88. The van der Waals surface area contributed by atoms with Crippen molar-refractivity contribution in [2.75, 3.05) is 14.2 Å². The van der Waals surface area contributed by atoms with Crippen LogP contribution in [0.15, 0.2) is 34.8 Å². The number of hydrogen-bond donors (Lipinski definition) is 0. The van der Waals surface area contributed by atoms with E-state index in [1.165, 1.54) is 47.9 Å². The smallest absolute Gasteiger partial charge is 0.136 e. The number of halogens is 1. The molecule has 2 unspecified atom stereocenters. The van der Waals surface area contributed by atoms with Gasteiger partial charge in [0.05, 0.1) is 18.7 Å². The van der Waals surface area contributed by atoms with E-state index in [1.807, 2.05) is 0 Å². The topological polar surface area (TPSA) is 18.5 Å². The Bertz CT molecular complexity index is 784. The summed E-state index contributed by atoms with van der Waals surface area (Å²) in [5.41, 5.74) is 5.60. The van der Waals surface area contributed by atoms with Gasteiger partial charge in [-0.15, -0.1) is 0 Å². The predicted octanol–water partition coefficient (Wildman–Crippen LogP) is 6.01. The number of benzene rings is 2. The first-order valence-corrected chi connectivity index (χ1v) is 10.0. The Morgan fingerprint density at radius 1 is 0.840 bits per heavy atom. The van der Waals surface area contributed by atoms with Crippen molar-refractivity contribution in [2.45, 2.75) is 50.4 Å². The molecule has 2 aromatic carbocycles. The molecule has 3 heteroatoms. The molecule has 0 aliphatic heterocycles. The second kappa shape index (κ2) is 7.03. The molecule has 2 aliphatic carbocycles. The summed E-state index contributed by atoms with van der Waals surface area (Å²) in [5, 5.41) is 0. The van der Waals surface area contributed by atoms with Gasteiger partial charge in [0.1, 0.15) is 11.5 Å². The first-order valence-electron chi connectivity index (χ1n) is 9.24. The van der Waals surface area contributed by atoms with E-state index in [4.69, 9.17) is 9.47 Å². The molecule has 1 fully saturated rings. The first kappa shape index (κ1) is 17.0. The lowest BCUT2D eigenvalue weighted by molar-refractivity contribution is 0.315. The average molecular weight is 401 g/mol. The van der Waals surface area contributed by atoms with Crippen molar-refractivity contribution in [3.63, 3.8) is 0 Å². The minimum atomic E-state index is 0.509. The summed E-state index contributed by atoms with van der Waals surface area (Å²) in [5.74, 6) is 3.07. The Kier molecular flexibility index (Phi) is 4.77. The van der Waals surface area contributed by atoms with Crippen molar-refractivity contribution >= 4 is 15.9 Å².